The molecule has 1 amide bonds. The van der Waals surface area contributed by atoms with Gasteiger partial charge in [0.2, 0.25) is 0 Å². The molecule has 0 aliphatic rings. The Labute approximate surface area is 114 Å². The number of rotatable bonds is 5. The van der Waals surface area contributed by atoms with Crippen molar-refractivity contribution >= 4 is 11.9 Å². The molecule has 0 fully saturated rings. The predicted octanol–water partition coefficient (Wildman–Crippen LogP) is 2.89. The van der Waals surface area contributed by atoms with Crippen LogP contribution < -0.4 is 0 Å². The van der Waals surface area contributed by atoms with Crippen LogP contribution in [0.1, 0.15) is 48.4 Å². The monoisotopic (exact) mass is 263 g/mol. The lowest BCUT2D eigenvalue weighted by Gasteiger charge is -2.29. The molecule has 0 atom stereocenters. The molecule has 19 heavy (non-hydrogen) atoms. The number of carbonyl (C=O) groups excluding carboxylic acids is 1. The largest absolute Gasteiger partial charge is 0.478 e. The summed E-state index contributed by atoms with van der Waals surface area (Å²) in [6.45, 7) is 8.55. The molecule has 1 aromatic carbocycles. The van der Waals surface area contributed by atoms with Crippen LogP contribution in [0, 0.1) is 5.92 Å². The molecule has 0 aliphatic carbocycles. The first-order valence-electron chi connectivity index (χ1n) is 6.47. The summed E-state index contributed by atoms with van der Waals surface area (Å²) in [5.41, 5.74) is 0.311. The van der Waals surface area contributed by atoms with Gasteiger partial charge in [0.05, 0.1) is 11.1 Å². The van der Waals surface area contributed by atoms with Crippen LogP contribution in [0.5, 0.6) is 0 Å². The lowest BCUT2D eigenvalue weighted by atomic mass is 10.0. The molecule has 1 rings (SSSR count). The minimum atomic E-state index is -1.07. The van der Waals surface area contributed by atoms with Crippen LogP contribution >= 0.6 is 0 Å². The highest BCUT2D eigenvalue weighted by atomic mass is 16.4. The molecule has 0 saturated carbocycles. The maximum atomic E-state index is 12.5. The highest BCUT2D eigenvalue weighted by molar-refractivity contribution is 6.04. The molecule has 0 heterocycles. The molecule has 1 aromatic rings. The van der Waals surface area contributed by atoms with Gasteiger partial charge in [-0.15, -0.1) is 0 Å². The van der Waals surface area contributed by atoms with Crippen LogP contribution in [0.3, 0.4) is 0 Å². The maximum Gasteiger partial charge on any atom is 0.336 e. The van der Waals surface area contributed by atoms with Crippen molar-refractivity contribution in [2.75, 3.05) is 6.54 Å². The van der Waals surface area contributed by atoms with Gasteiger partial charge in [0, 0.05) is 12.6 Å². The van der Waals surface area contributed by atoms with E-state index in [9.17, 15) is 9.59 Å². The molecule has 4 nitrogen and oxygen atoms in total. The summed E-state index contributed by atoms with van der Waals surface area (Å²) in [4.78, 5) is 25.4. The lowest BCUT2D eigenvalue weighted by molar-refractivity contribution is 0.0646. The summed E-state index contributed by atoms with van der Waals surface area (Å²) in [5, 5.41) is 9.15. The zero-order chi connectivity index (χ0) is 14.6. The summed E-state index contributed by atoms with van der Waals surface area (Å²) >= 11 is 0. The van der Waals surface area contributed by atoms with Gasteiger partial charge >= 0.3 is 5.97 Å². The molecule has 0 bridgehead atoms. The summed E-state index contributed by atoms with van der Waals surface area (Å²) < 4.78 is 0. The molecule has 0 aliphatic heterocycles. The van der Waals surface area contributed by atoms with Gasteiger partial charge in [0.15, 0.2) is 0 Å². The summed E-state index contributed by atoms with van der Waals surface area (Å²) in [5.74, 6) is -0.956. The quantitative estimate of drug-likeness (QED) is 0.888. The molecule has 0 unspecified atom stereocenters. The fourth-order valence-electron chi connectivity index (χ4n) is 1.93. The average Bonchev–Trinajstić information content (AvgIpc) is 2.34. The first-order valence-corrected chi connectivity index (χ1v) is 6.47. The molecule has 0 spiro atoms. The molecular weight excluding hydrogens is 242 g/mol. The zero-order valence-corrected chi connectivity index (χ0v) is 11.9. The number of amides is 1. The Bertz CT molecular complexity index is 466. The smallest absolute Gasteiger partial charge is 0.336 e. The first kappa shape index (κ1) is 15.2. The minimum Gasteiger partial charge on any atom is -0.478 e. The van der Waals surface area contributed by atoms with Crippen molar-refractivity contribution in [3.8, 4) is 0 Å². The second-order valence-corrected chi connectivity index (χ2v) is 5.30. The summed E-state index contributed by atoms with van der Waals surface area (Å²) in [7, 11) is 0. The van der Waals surface area contributed by atoms with Gasteiger partial charge in [0.1, 0.15) is 0 Å². The Morgan fingerprint density at radius 3 is 2.05 bits per heavy atom. The third-order valence-electron chi connectivity index (χ3n) is 2.83. The van der Waals surface area contributed by atoms with Crippen molar-refractivity contribution in [2.24, 2.45) is 5.92 Å². The minimum absolute atomic E-state index is 0.0387. The Morgan fingerprint density at radius 1 is 1.11 bits per heavy atom. The molecular formula is C15H21NO3. The highest BCUT2D eigenvalue weighted by Crippen LogP contribution is 2.15. The Hall–Kier alpha value is -1.84. The Balaban J connectivity index is 3.13. The molecule has 0 radical (unpaired) electrons. The number of carbonyl (C=O) groups is 2. The molecule has 0 saturated heterocycles. The van der Waals surface area contributed by atoms with Crippen LogP contribution in [0.15, 0.2) is 24.3 Å². The van der Waals surface area contributed by atoms with E-state index in [1.165, 1.54) is 6.07 Å². The van der Waals surface area contributed by atoms with Crippen molar-refractivity contribution < 1.29 is 14.7 Å². The van der Waals surface area contributed by atoms with Gasteiger partial charge in [0.25, 0.3) is 5.91 Å². The van der Waals surface area contributed by atoms with E-state index >= 15 is 0 Å². The summed E-state index contributed by atoms with van der Waals surface area (Å²) in [6.07, 6.45) is 0. The second-order valence-electron chi connectivity index (χ2n) is 5.30. The van der Waals surface area contributed by atoms with E-state index in [2.05, 4.69) is 0 Å². The number of hydrogen-bond donors (Lipinski definition) is 1. The number of aromatic carboxylic acids is 1. The number of nitrogens with zero attached hydrogens (tertiary/aromatic N) is 1. The van der Waals surface area contributed by atoms with Gasteiger partial charge in [-0.3, -0.25) is 4.79 Å². The normalized spacial score (nSPS) is 10.8. The van der Waals surface area contributed by atoms with Crippen molar-refractivity contribution in [3.05, 3.63) is 35.4 Å². The van der Waals surface area contributed by atoms with E-state index in [-0.39, 0.29) is 23.1 Å². The lowest BCUT2D eigenvalue weighted by Crippen LogP contribution is -2.40. The van der Waals surface area contributed by atoms with E-state index in [0.717, 1.165) is 0 Å². The van der Waals surface area contributed by atoms with Gasteiger partial charge in [-0.2, -0.15) is 0 Å². The van der Waals surface area contributed by atoms with E-state index in [1.54, 1.807) is 23.1 Å². The number of carboxylic acids is 1. The number of hydrogen-bond acceptors (Lipinski definition) is 2. The van der Waals surface area contributed by atoms with Gasteiger partial charge < -0.3 is 10.0 Å². The van der Waals surface area contributed by atoms with Gasteiger partial charge in [-0.1, -0.05) is 26.0 Å². The molecule has 1 N–H and O–H groups in total. The third-order valence-corrected chi connectivity index (χ3v) is 2.83. The highest BCUT2D eigenvalue weighted by Gasteiger charge is 2.23. The molecule has 4 heteroatoms. The van der Waals surface area contributed by atoms with Crippen molar-refractivity contribution in [1.29, 1.82) is 0 Å². The molecule has 0 aromatic heterocycles. The van der Waals surface area contributed by atoms with Crippen LogP contribution in [-0.4, -0.2) is 34.5 Å². The average molecular weight is 263 g/mol. The fourth-order valence-corrected chi connectivity index (χ4v) is 1.93. The molecule has 104 valence electrons. The van der Waals surface area contributed by atoms with E-state index in [1.807, 2.05) is 27.7 Å². The summed E-state index contributed by atoms with van der Waals surface area (Å²) in [6, 6.07) is 6.39. The predicted molar refractivity (Wildman–Crippen MR) is 74.4 cm³/mol. The SMILES string of the molecule is CC(C)CN(C(=O)c1ccccc1C(=O)O)C(C)C. The van der Waals surface area contributed by atoms with E-state index in [0.29, 0.717) is 12.5 Å². The van der Waals surface area contributed by atoms with Crippen LogP contribution in [-0.2, 0) is 0 Å². The van der Waals surface area contributed by atoms with Crippen molar-refractivity contribution in [3.63, 3.8) is 0 Å². The van der Waals surface area contributed by atoms with Gasteiger partial charge in [-0.25, -0.2) is 4.79 Å². The Kier molecular flexibility index (Phi) is 5.10. The van der Waals surface area contributed by atoms with Gasteiger partial charge in [-0.05, 0) is 31.9 Å². The van der Waals surface area contributed by atoms with Crippen molar-refractivity contribution in [2.45, 2.75) is 33.7 Å². The first-order chi connectivity index (χ1) is 8.84. The Morgan fingerprint density at radius 2 is 1.63 bits per heavy atom. The fraction of sp³-hybridized carbons (Fsp3) is 0.467. The van der Waals surface area contributed by atoms with E-state index < -0.39 is 5.97 Å². The van der Waals surface area contributed by atoms with Crippen LogP contribution in [0.4, 0.5) is 0 Å². The topological polar surface area (TPSA) is 57.6 Å². The zero-order valence-electron chi connectivity index (χ0n) is 11.9. The number of benzene rings is 1. The van der Waals surface area contributed by atoms with Crippen LogP contribution in [0.2, 0.25) is 0 Å². The third kappa shape index (κ3) is 3.81. The van der Waals surface area contributed by atoms with Crippen LogP contribution in [0.25, 0.3) is 0 Å². The van der Waals surface area contributed by atoms with Crippen molar-refractivity contribution in [1.82, 2.24) is 4.90 Å². The second kappa shape index (κ2) is 6.36. The maximum absolute atomic E-state index is 12.5. The number of carboxylic acid groups (broad SMARTS) is 1. The standard InChI is InChI=1S/C15H21NO3/c1-10(2)9-16(11(3)4)14(17)12-7-5-6-8-13(12)15(18)19/h5-8,10-11H,9H2,1-4H3,(H,18,19). The van der Waals surface area contributed by atoms with E-state index in [4.69, 9.17) is 5.11 Å².